The largest absolute Gasteiger partial charge is 0.483 e. The second-order valence-corrected chi connectivity index (χ2v) is 2.43. The molecule has 1 aromatic carbocycles. The molecule has 2 aromatic rings. The van der Waals surface area contributed by atoms with Crippen LogP contribution in [-0.4, -0.2) is 21.4 Å². The molecular weight excluding hydrogens is 182 g/mol. The molecule has 2 rings (SSSR count). The number of hydrogen-bond acceptors (Lipinski definition) is 3. The van der Waals surface area contributed by atoms with E-state index in [4.69, 9.17) is 9.90 Å². The van der Waals surface area contributed by atoms with Gasteiger partial charge in [-0.2, -0.15) is 5.10 Å². The highest BCUT2D eigenvalue weighted by molar-refractivity contribution is 5.78. The summed E-state index contributed by atoms with van der Waals surface area (Å²) in [7, 11) is 1.95. The highest BCUT2D eigenvalue weighted by Gasteiger charge is 1.93. The maximum Gasteiger partial charge on any atom is 0.290 e. The summed E-state index contributed by atoms with van der Waals surface area (Å²) in [5.74, 6) is 0. The number of hydrogen-bond donors (Lipinski definition) is 2. The maximum absolute atomic E-state index is 8.36. The van der Waals surface area contributed by atoms with Crippen molar-refractivity contribution in [2.75, 3.05) is 0 Å². The van der Waals surface area contributed by atoms with Gasteiger partial charge in [0.1, 0.15) is 0 Å². The molecule has 0 saturated heterocycles. The normalized spacial score (nSPS) is 8.36. The van der Waals surface area contributed by atoms with Crippen LogP contribution in [0.5, 0.6) is 0 Å². The van der Waals surface area contributed by atoms with Crippen molar-refractivity contribution >= 4 is 17.4 Å². The number of fused-ring (bicyclic) bond motifs is 1. The van der Waals surface area contributed by atoms with E-state index < -0.39 is 0 Å². The Morgan fingerprint density at radius 2 is 2.00 bits per heavy atom. The van der Waals surface area contributed by atoms with E-state index in [9.17, 15) is 0 Å². The van der Waals surface area contributed by atoms with E-state index in [1.54, 1.807) is 0 Å². The molecule has 0 saturated carbocycles. The minimum atomic E-state index is -0.250. The van der Waals surface area contributed by atoms with Gasteiger partial charge in [-0.05, 0) is 6.07 Å². The first-order chi connectivity index (χ1) is 6.29. The molecule has 4 N–H and O–H groups in total. The monoisotopic (exact) mass is 195 g/mol. The van der Waals surface area contributed by atoms with Crippen LogP contribution in [0, 0.1) is 0 Å². The molecule has 5 heteroatoms. The Morgan fingerprint density at radius 1 is 1.43 bits per heavy atom. The Labute approximate surface area is 81.5 Å². The van der Waals surface area contributed by atoms with E-state index in [0.29, 0.717) is 0 Å². The molecule has 14 heavy (non-hydrogen) atoms. The lowest BCUT2D eigenvalue weighted by Crippen LogP contribution is -1.87. The van der Waals surface area contributed by atoms with Gasteiger partial charge in [0.05, 0.1) is 11.7 Å². The molecule has 76 valence electrons. The Hall–Kier alpha value is -1.88. The maximum atomic E-state index is 8.36. The molecule has 5 nitrogen and oxygen atoms in total. The molecule has 0 aliphatic heterocycles. The molecule has 0 bridgehead atoms. The summed E-state index contributed by atoms with van der Waals surface area (Å²) in [6.07, 6.45) is 1.87. The lowest BCUT2D eigenvalue weighted by Gasteiger charge is -1.90. The summed E-state index contributed by atoms with van der Waals surface area (Å²) >= 11 is 0. The number of rotatable bonds is 0. The SMILES string of the molecule is Cn1ncc2ccccc21.N.O=CO. The van der Waals surface area contributed by atoms with Crippen LogP contribution in [0.15, 0.2) is 30.5 Å². The van der Waals surface area contributed by atoms with Gasteiger partial charge in [0.2, 0.25) is 0 Å². The van der Waals surface area contributed by atoms with Crippen molar-refractivity contribution in [1.29, 1.82) is 0 Å². The molecule has 0 radical (unpaired) electrons. The average molecular weight is 195 g/mol. The van der Waals surface area contributed by atoms with Crippen LogP contribution >= 0.6 is 0 Å². The van der Waals surface area contributed by atoms with E-state index in [0.717, 1.165) is 0 Å². The van der Waals surface area contributed by atoms with E-state index in [-0.39, 0.29) is 12.6 Å². The molecule has 1 aromatic heterocycles. The number of aromatic nitrogens is 2. The topological polar surface area (TPSA) is 90.1 Å². The fraction of sp³-hybridized carbons (Fsp3) is 0.111. The second-order valence-electron chi connectivity index (χ2n) is 2.43. The first-order valence-electron chi connectivity index (χ1n) is 3.74. The number of para-hydroxylation sites is 1. The highest BCUT2D eigenvalue weighted by Crippen LogP contribution is 2.09. The van der Waals surface area contributed by atoms with Crippen molar-refractivity contribution < 1.29 is 9.90 Å². The zero-order valence-electron chi connectivity index (χ0n) is 7.92. The molecule has 0 amide bonds. The summed E-state index contributed by atoms with van der Waals surface area (Å²) in [5, 5.41) is 12.2. The van der Waals surface area contributed by atoms with Crippen LogP contribution in [0.4, 0.5) is 0 Å². The molecule has 0 spiro atoms. The Balaban J connectivity index is 0.000000381. The van der Waals surface area contributed by atoms with Gasteiger partial charge in [-0.15, -0.1) is 0 Å². The van der Waals surface area contributed by atoms with Crippen LogP contribution in [0.25, 0.3) is 10.9 Å². The number of aryl methyl sites for hydroxylation is 1. The van der Waals surface area contributed by atoms with E-state index in [1.807, 2.05) is 30.1 Å². The average Bonchev–Trinajstić information content (AvgIpc) is 2.50. The summed E-state index contributed by atoms with van der Waals surface area (Å²) in [6, 6.07) is 8.15. The van der Waals surface area contributed by atoms with Crippen LogP contribution in [-0.2, 0) is 11.8 Å². The van der Waals surface area contributed by atoms with Crippen LogP contribution < -0.4 is 6.15 Å². The Kier molecular flexibility index (Phi) is 4.95. The lowest BCUT2D eigenvalue weighted by molar-refractivity contribution is -0.122. The number of nitrogens with zero attached hydrogens (tertiary/aromatic N) is 2. The minimum absolute atomic E-state index is 0. The summed E-state index contributed by atoms with van der Waals surface area (Å²) < 4.78 is 1.87. The fourth-order valence-corrected chi connectivity index (χ4v) is 1.10. The predicted molar refractivity (Wildman–Crippen MR) is 54.4 cm³/mol. The van der Waals surface area contributed by atoms with Crippen molar-refractivity contribution in [3.05, 3.63) is 30.5 Å². The standard InChI is InChI=1S/C8H8N2.CH2O2.H3N/c1-10-8-5-3-2-4-7(8)6-9-10;2-1-3;/h2-6H,1H3;1H,(H,2,3);1H3. The molecular formula is C9H13N3O2. The second kappa shape index (κ2) is 5.71. The van der Waals surface area contributed by atoms with Crippen LogP contribution in [0.2, 0.25) is 0 Å². The third-order valence-corrected chi connectivity index (χ3v) is 1.66. The van der Waals surface area contributed by atoms with Crippen molar-refractivity contribution in [2.45, 2.75) is 0 Å². The van der Waals surface area contributed by atoms with Gasteiger partial charge >= 0.3 is 0 Å². The van der Waals surface area contributed by atoms with Gasteiger partial charge in [-0.3, -0.25) is 9.48 Å². The smallest absolute Gasteiger partial charge is 0.290 e. The van der Waals surface area contributed by atoms with Crippen LogP contribution in [0.3, 0.4) is 0 Å². The number of benzene rings is 1. The Morgan fingerprint density at radius 3 is 2.57 bits per heavy atom. The highest BCUT2D eigenvalue weighted by atomic mass is 16.3. The van der Waals surface area contributed by atoms with Gasteiger partial charge in [0.15, 0.2) is 0 Å². The molecule has 0 atom stereocenters. The minimum Gasteiger partial charge on any atom is -0.483 e. The summed E-state index contributed by atoms with van der Waals surface area (Å²) in [6.45, 7) is -0.250. The number of carboxylic acid groups (broad SMARTS) is 1. The first-order valence-corrected chi connectivity index (χ1v) is 3.74. The van der Waals surface area contributed by atoms with Crippen molar-refractivity contribution in [3.8, 4) is 0 Å². The van der Waals surface area contributed by atoms with Gasteiger partial charge in [-0.25, -0.2) is 0 Å². The quantitative estimate of drug-likeness (QED) is 0.622. The molecule has 0 unspecified atom stereocenters. The van der Waals surface area contributed by atoms with Crippen molar-refractivity contribution in [2.24, 2.45) is 7.05 Å². The van der Waals surface area contributed by atoms with Gasteiger partial charge in [0, 0.05) is 12.4 Å². The summed E-state index contributed by atoms with van der Waals surface area (Å²) in [4.78, 5) is 8.36. The van der Waals surface area contributed by atoms with E-state index in [2.05, 4.69) is 17.2 Å². The lowest BCUT2D eigenvalue weighted by atomic mass is 10.3. The van der Waals surface area contributed by atoms with Crippen molar-refractivity contribution in [1.82, 2.24) is 15.9 Å². The third kappa shape index (κ3) is 2.56. The van der Waals surface area contributed by atoms with E-state index >= 15 is 0 Å². The number of carbonyl (C=O) groups is 1. The molecule has 0 aliphatic rings. The molecule has 0 aliphatic carbocycles. The van der Waals surface area contributed by atoms with Crippen LogP contribution in [0.1, 0.15) is 0 Å². The van der Waals surface area contributed by atoms with Gasteiger partial charge < -0.3 is 11.3 Å². The zero-order valence-corrected chi connectivity index (χ0v) is 7.92. The van der Waals surface area contributed by atoms with Gasteiger partial charge in [0.25, 0.3) is 6.47 Å². The first kappa shape index (κ1) is 12.1. The third-order valence-electron chi connectivity index (χ3n) is 1.66. The molecule has 1 heterocycles. The fourth-order valence-electron chi connectivity index (χ4n) is 1.10. The zero-order chi connectivity index (χ0) is 9.68. The predicted octanol–water partition coefficient (Wildman–Crippen LogP) is 1.44. The Bertz CT molecular complexity index is 398. The molecule has 0 fully saturated rings. The van der Waals surface area contributed by atoms with Gasteiger partial charge in [-0.1, -0.05) is 18.2 Å². The summed E-state index contributed by atoms with van der Waals surface area (Å²) in [5.41, 5.74) is 1.18. The van der Waals surface area contributed by atoms with Crippen molar-refractivity contribution in [3.63, 3.8) is 0 Å². The van der Waals surface area contributed by atoms with E-state index in [1.165, 1.54) is 10.9 Å².